The van der Waals surface area contributed by atoms with Gasteiger partial charge in [0.25, 0.3) is 0 Å². The summed E-state index contributed by atoms with van der Waals surface area (Å²) in [5.41, 5.74) is 2.29. The van der Waals surface area contributed by atoms with Gasteiger partial charge in [0.2, 0.25) is 5.91 Å². The Labute approximate surface area is 202 Å². The third-order valence-electron chi connectivity index (χ3n) is 5.74. The number of aryl methyl sites for hydroxylation is 1. The zero-order valence-electron chi connectivity index (χ0n) is 18.2. The number of aromatic nitrogens is 4. The molecule has 2 aromatic heterocycles. The third kappa shape index (κ3) is 4.82. The van der Waals surface area contributed by atoms with Crippen LogP contribution in [0.1, 0.15) is 60.1 Å². The molecule has 3 aromatic rings. The second-order valence-corrected chi connectivity index (χ2v) is 9.49. The molecule has 0 radical (unpaired) electrons. The lowest BCUT2D eigenvalue weighted by atomic mass is 10.2. The Balaban J connectivity index is 1.58. The molecule has 1 atom stereocenters. The van der Waals surface area contributed by atoms with Crippen molar-refractivity contribution < 1.29 is 18.0 Å². The summed E-state index contributed by atoms with van der Waals surface area (Å²) in [4.78, 5) is 13.1. The SMILES string of the molecule is Cc1nn(Cc2ccc(Cl)cc2)c(C)c1NC(=O)C(C)n1nc(C(F)(F)F)c(Br)c1C1CC1. The number of rotatable bonds is 6. The van der Waals surface area contributed by atoms with Gasteiger partial charge in [-0.05, 0) is 67.2 Å². The smallest absolute Gasteiger partial charge is 0.321 e. The molecule has 4 rings (SSSR count). The van der Waals surface area contributed by atoms with Crippen LogP contribution in [0, 0.1) is 13.8 Å². The summed E-state index contributed by atoms with van der Waals surface area (Å²) in [5, 5.41) is 11.8. The Hall–Kier alpha value is -2.33. The lowest BCUT2D eigenvalue weighted by Crippen LogP contribution is -2.26. The molecule has 0 aliphatic heterocycles. The minimum absolute atomic E-state index is 0.0381. The van der Waals surface area contributed by atoms with E-state index in [1.807, 2.05) is 19.1 Å². The van der Waals surface area contributed by atoms with Crippen molar-refractivity contribution in [2.75, 3.05) is 5.32 Å². The monoisotopic (exact) mass is 543 g/mol. The highest BCUT2D eigenvalue weighted by molar-refractivity contribution is 9.10. The first-order valence-corrected chi connectivity index (χ1v) is 11.6. The van der Waals surface area contributed by atoms with E-state index in [0.29, 0.717) is 28.6 Å². The molecule has 2 heterocycles. The molecule has 1 saturated carbocycles. The molecule has 1 aliphatic carbocycles. The highest BCUT2D eigenvalue weighted by Gasteiger charge is 2.43. The van der Waals surface area contributed by atoms with E-state index in [4.69, 9.17) is 11.6 Å². The topological polar surface area (TPSA) is 64.7 Å². The highest BCUT2D eigenvalue weighted by atomic mass is 79.9. The normalized spacial score (nSPS) is 15.0. The predicted octanol–water partition coefficient (Wildman–Crippen LogP) is 6.26. The first-order chi connectivity index (χ1) is 15.5. The van der Waals surface area contributed by atoms with Crippen LogP contribution in [0.25, 0.3) is 0 Å². The first kappa shape index (κ1) is 23.8. The maximum absolute atomic E-state index is 13.4. The van der Waals surface area contributed by atoms with Crippen molar-refractivity contribution in [1.82, 2.24) is 19.6 Å². The number of carbonyl (C=O) groups is 1. The largest absolute Gasteiger partial charge is 0.436 e. The molecule has 1 aromatic carbocycles. The molecular formula is C22H22BrClF3N5O. The molecule has 33 heavy (non-hydrogen) atoms. The molecule has 1 N–H and O–H groups in total. The minimum atomic E-state index is -4.61. The summed E-state index contributed by atoms with van der Waals surface area (Å²) in [6.07, 6.45) is -3.07. The lowest BCUT2D eigenvalue weighted by Gasteiger charge is -2.16. The standard InChI is InChI=1S/C22H22BrClF3N5O/c1-11-18(12(2)31(29-11)10-14-4-8-16(24)9-5-14)28-21(33)13(3)32-19(15-6-7-15)17(23)20(30-32)22(25,26)27/h4-5,8-9,13,15H,6-7,10H2,1-3H3,(H,28,33). The highest BCUT2D eigenvalue weighted by Crippen LogP contribution is 2.47. The number of amides is 1. The van der Waals surface area contributed by atoms with E-state index in [-0.39, 0.29) is 10.4 Å². The van der Waals surface area contributed by atoms with Crippen LogP contribution < -0.4 is 5.32 Å². The van der Waals surface area contributed by atoms with Gasteiger partial charge >= 0.3 is 6.18 Å². The van der Waals surface area contributed by atoms with Gasteiger partial charge in [0.1, 0.15) is 6.04 Å². The maximum atomic E-state index is 13.4. The van der Waals surface area contributed by atoms with Gasteiger partial charge in [0.15, 0.2) is 5.69 Å². The van der Waals surface area contributed by atoms with E-state index < -0.39 is 23.8 Å². The van der Waals surface area contributed by atoms with E-state index >= 15 is 0 Å². The summed E-state index contributed by atoms with van der Waals surface area (Å²) >= 11 is 9.01. The molecule has 1 aliphatic rings. The molecule has 11 heteroatoms. The van der Waals surface area contributed by atoms with Crippen LogP contribution in [-0.2, 0) is 17.5 Å². The molecule has 1 fully saturated rings. The number of alkyl halides is 3. The Kier molecular flexibility index (Phi) is 6.34. The van der Waals surface area contributed by atoms with Crippen LogP contribution in [0.4, 0.5) is 18.9 Å². The fourth-order valence-electron chi connectivity index (χ4n) is 3.76. The number of nitrogens with zero attached hydrogens (tertiary/aromatic N) is 4. The van der Waals surface area contributed by atoms with Crippen molar-refractivity contribution in [3.63, 3.8) is 0 Å². The van der Waals surface area contributed by atoms with Crippen molar-refractivity contribution in [2.24, 2.45) is 0 Å². The Morgan fingerprint density at radius 3 is 2.45 bits per heavy atom. The summed E-state index contributed by atoms with van der Waals surface area (Å²) in [7, 11) is 0. The van der Waals surface area contributed by atoms with Gasteiger partial charge in [0, 0.05) is 10.9 Å². The number of carbonyl (C=O) groups excluding carboxylic acids is 1. The number of halogens is 5. The predicted molar refractivity (Wildman–Crippen MR) is 122 cm³/mol. The molecular weight excluding hydrogens is 523 g/mol. The second-order valence-electron chi connectivity index (χ2n) is 8.26. The maximum Gasteiger partial charge on any atom is 0.436 e. The van der Waals surface area contributed by atoms with Crippen LogP contribution in [0.2, 0.25) is 5.02 Å². The van der Waals surface area contributed by atoms with Crippen LogP contribution in [-0.4, -0.2) is 25.5 Å². The average molecular weight is 545 g/mol. The number of hydrogen-bond acceptors (Lipinski definition) is 3. The summed E-state index contributed by atoms with van der Waals surface area (Å²) in [6.45, 7) is 5.64. The van der Waals surface area contributed by atoms with Gasteiger partial charge in [-0.15, -0.1) is 0 Å². The van der Waals surface area contributed by atoms with E-state index in [2.05, 4.69) is 31.4 Å². The molecule has 1 amide bonds. The van der Waals surface area contributed by atoms with Crippen LogP contribution in [0.3, 0.4) is 0 Å². The van der Waals surface area contributed by atoms with E-state index in [1.54, 1.807) is 30.7 Å². The Morgan fingerprint density at radius 1 is 1.24 bits per heavy atom. The van der Waals surface area contributed by atoms with Crippen LogP contribution in [0.5, 0.6) is 0 Å². The molecule has 176 valence electrons. The Morgan fingerprint density at radius 2 is 1.88 bits per heavy atom. The quantitative estimate of drug-likeness (QED) is 0.399. The first-order valence-electron chi connectivity index (χ1n) is 10.4. The van der Waals surface area contributed by atoms with Gasteiger partial charge < -0.3 is 5.32 Å². The van der Waals surface area contributed by atoms with Crippen molar-refractivity contribution in [3.05, 3.63) is 62.1 Å². The summed E-state index contributed by atoms with van der Waals surface area (Å²) in [5.74, 6) is -0.498. The number of benzene rings is 1. The van der Waals surface area contributed by atoms with Crippen LogP contribution in [0.15, 0.2) is 28.7 Å². The van der Waals surface area contributed by atoms with Crippen molar-refractivity contribution in [3.8, 4) is 0 Å². The van der Waals surface area contributed by atoms with Crippen molar-refractivity contribution in [2.45, 2.75) is 58.3 Å². The fraction of sp³-hybridized carbons (Fsp3) is 0.409. The number of nitrogens with one attached hydrogen (secondary N) is 1. The summed E-state index contributed by atoms with van der Waals surface area (Å²) in [6, 6.07) is 6.44. The van der Waals surface area contributed by atoms with E-state index in [1.165, 1.54) is 4.68 Å². The zero-order valence-corrected chi connectivity index (χ0v) is 20.5. The minimum Gasteiger partial charge on any atom is -0.321 e. The Bertz CT molecular complexity index is 1200. The zero-order chi connectivity index (χ0) is 24.1. The average Bonchev–Trinajstić information content (AvgIpc) is 3.47. The number of anilines is 1. The lowest BCUT2D eigenvalue weighted by molar-refractivity contribution is -0.142. The molecule has 6 nitrogen and oxygen atoms in total. The molecule has 0 bridgehead atoms. The van der Waals surface area contributed by atoms with Gasteiger partial charge in [-0.2, -0.15) is 23.4 Å². The number of hydrogen-bond donors (Lipinski definition) is 1. The van der Waals surface area contributed by atoms with Gasteiger partial charge in [0.05, 0.1) is 33.8 Å². The molecule has 0 saturated heterocycles. The van der Waals surface area contributed by atoms with Gasteiger partial charge in [-0.25, -0.2) is 0 Å². The molecule has 0 spiro atoms. The second kappa shape index (κ2) is 8.79. The van der Waals surface area contributed by atoms with Crippen LogP contribution >= 0.6 is 27.5 Å². The van der Waals surface area contributed by atoms with Crippen molar-refractivity contribution >= 4 is 39.1 Å². The summed E-state index contributed by atoms with van der Waals surface area (Å²) < 4.78 is 43.1. The molecule has 1 unspecified atom stereocenters. The van der Waals surface area contributed by atoms with E-state index in [9.17, 15) is 18.0 Å². The van der Waals surface area contributed by atoms with E-state index in [0.717, 1.165) is 24.1 Å². The van der Waals surface area contributed by atoms with Gasteiger partial charge in [-0.1, -0.05) is 23.7 Å². The third-order valence-corrected chi connectivity index (χ3v) is 6.78. The van der Waals surface area contributed by atoms with Gasteiger partial charge in [-0.3, -0.25) is 14.2 Å². The fourth-order valence-corrected chi connectivity index (χ4v) is 4.70. The van der Waals surface area contributed by atoms with Crippen molar-refractivity contribution in [1.29, 1.82) is 0 Å².